The van der Waals surface area contributed by atoms with Crippen LogP contribution in [0.4, 0.5) is 9.59 Å². The molecule has 2 atom stereocenters. The summed E-state index contributed by atoms with van der Waals surface area (Å²) in [7, 11) is 0. The van der Waals surface area contributed by atoms with Gasteiger partial charge in [-0.25, -0.2) is 9.59 Å². The summed E-state index contributed by atoms with van der Waals surface area (Å²) >= 11 is 0. The standard InChI is InChI=1S/C14H22N4O5/c1-9-3-6-17(8-10(9)12(20)21)13(22)15-4-2-5-18-11(19)7-16-14(18)23/h9-10H,2-8H2,1H3,(H,15,22)(H,16,23)(H,20,21). The molecule has 2 saturated heterocycles. The fourth-order valence-electron chi connectivity index (χ4n) is 2.80. The van der Waals surface area contributed by atoms with Crippen LogP contribution in [0, 0.1) is 11.8 Å². The predicted molar refractivity (Wildman–Crippen MR) is 79.6 cm³/mol. The predicted octanol–water partition coefficient (Wildman–Crippen LogP) is -0.319. The van der Waals surface area contributed by atoms with E-state index < -0.39 is 17.9 Å². The molecule has 2 unspecified atom stereocenters. The molecular formula is C14H22N4O5. The van der Waals surface area contributed by atoms with Crippen LogP contribution >= 0.6 is 0 Å². The van der Waals surface area contributed by atoms with E-state index in [1.807, 2.05) is 6.92 Å². The fraction of sp³-hybridized carbons (Fsp3) is 0.714. The van der Waals surface area contributed by atoms with Crippen molar-refractivity contribution in [3.05, 3.63) is 0 Å². The van der Waals surface area contributed by atoms with Crippen molar-refractivity contribution >= 4 is 23.9 Å². The summed E-state index contributed by atoms with van der Waals surface area (Å²) in [5, 5.41) is 14.3. The van der Waals surface area contributed by atoms with Crippen LogP contribution in [0.15, 0.2) is 0 Å². The lowest BCUT2D eigenvalue weighted by atomic mass is 9.87. The number of rotatable bonds is 5. The fourth-order valence-corrected chi connectivity index (χ4v) is 2.80. The zero-order valence-electron chi connectivity index (χ0n) is 13.1. The van der Waals surface area contributed by atoms with Crippen LogP contribution in [0.5, 0.6) is 0 Å². The van der Waals surface area contributed by atoms with Crippen molar-refractivity contribution in [2.24, 2.45) is 11.8 Å². The lowest BCUT2D eigenvalue weighted by Crippen LogP contribution is -2.49. The zero-order valence-corrected chi connectivity index (χ0v) is 13.1. The number of likely N-dealkylation sites (tertiary alicyclic amines) is 1. The van der Waals surface area contributed by atoms with Gasteiger partial charge in [-0.15, -0.1) is 0 Å². The van der Waals surface area contributed by atoms with Crippen LogP contribution in [0.1, 0.15) is 19.8 Å². The first-order valence-corrected chi connectivity index (χ1v) is 7.74. The molecule has 5 amide bonds. The Balaban J connectivity index is 1.71. The number of carbonyl (C=O) groups excluding carboxylic acids is 3. The van der Waals surface area contributed by atoms with Crippen LogP contribution < -0.4 is 10.6 Å². The molecule has 0 spiro atoms. The zero-order chi connectivity index (χ0) is 17.0. The molecule has 0 aromatic rings. The van der Waals surface area contributed by atoms with Crippen molar-refractivity contribution in [1.82, 2.24) is 20.4 Å². The van der Waals surface area contributed by atoms with E-state index in [0.717, 1.165) is 4.90 Å². The molecule has 23 heavy (non-hydrogen) atoms. The summed E-state index contributed by atoms with van der Waals surface area (Å²) in [6, 6.07) is -0.712. The molecule has 128 valence electrons. The Morgan fingerprint density at radius 2 is 2.13 bits per heavy atom. The number of nitrogens with one attached hydrogen (secondary N) is 2. The van der Waals surface area contributed by atoms with Crippen molar-refractivity contribution in [2.45, 2.75) is 19.8 Å². The van der Waals surface area contributed by atoms with E-state index in [0.29, 0.717) is 25.9 Å². The van der Waals surface area contributed by atoms with E-state index in [1.165, 1.54) is 4.90 Å². The highest BCUT2D eigenvalue weighted by molar-refractivity contribution is 6.01. The Morgan fingerprint density at radius 1 is 1.39 bits per heavy atom. The number of carbonyl (C=O) groups is 4. The van der Waals surface area contributed by atoms with E-state index in [4.69, 9.17) is 5.11 Å². The number of imide groups is 1. The highest BCUT2D eigenvalue weighted by Crippen LogP contribution is 2.23. The molecule has 0 aromatic carbocycles. The summed E-state index contributed by atoms with van der Waals surface area (Å²) in [4.78, 5) is 48.6. The van der Waals surface area contributed by atoms with E-state index in [-0.39, 0.29) is 37.5 Å². The monoisotopic (exact) mass is 326 g/mol. The van der Waals surface area contributed by atoms with Gasteiger partial charge in [-0.1, -0.05) is 6.92 Å². The summed E-state index contributed by atoms with van der Waals surface area (Å²) in [6.45, 7) is 3.21. The van der Waals surface area contributed by atoms with Gasteiger partial charge in [0.1, 0.15) is 0 Å². The van der Waals surface area contributed by atoms with E-state index in [9.17, 15) is 19.2 Å². The molecule has 9 heteroatoms. The third kappa shape index (κ3) is 4.11. The number of urea groups is 2. The number of nitrogens with zero attached hydrogens (tertiary/aromatic N) is 2. The second-order valence-electron chi connectivity index (χ2n) is 5.95. The summed E-state index contributed by atoms with van der Waals surface area (Å²) < 4.78 is 0. The highest BCUT2D eigenvalue weighted by Gasteiger charge is 2.33. The van der Waals surface area contributed by atoms with E-state index in [2.05, 4.69) is 10.6 Å². The second-order valence-corrected chi connectivity index (χ2v) is 5.95. The number of piperidine rings is 1. The number of hydrogen-bond donors (Lipinski definition) is 3. The topological polar surface area (TPSA) is 119 Å². The first-order chi connectivity index (χ1) is 10.9. The molecule has 3 N–H and O–H groups in total. The van der Waals surface area contributed by atoms with Gasteiger partial charge in [0.05, 0.1) is 12.5 Å². The van der Waals surface area contributed by atoms with E-state index >= 15 is 0 Å². The summed E-state index contributed by atoms with van der Waals surface area (Å²) in [5.41, 5.74) is 0. The lowest BCUT2D eigenvalue weighted by Gasteiger charge is -2.34. The SMILES string of the molecule is CC1CCN(C(=O)NCCCN2C(=O)CNC2=O)CC1C(=O)O. The van der Waals surface area contributed by atoms with Gasteiger partial charge in [-0.3, -0.25) is 14.5 Å². The molecule has 0 aromatic heterocycles. The number of amides is 5. The van der Waals surface area contributed by atoms with Crippen LogP contribution in [0.25, 0.3) is 0 Å². The third-order valence-electron chi connectivity index (χ3n) is 4.33. The van der Waals surface area contributed by atoms with Crippen molar-refractivity contribution in [2.75, 3.05) is 32.7 Å². The third-order valence-corrected chi connectivity index (χ3v) is 4.33. The molecule has 0 saturated carbocycles. The number of hydrogen-bond acceptors (Lipinski definition) is 4. The van der Waals surface area contributed by atoms with Gasteiger partial charge in [-0.05, 0) is 18.8 Å². The maximum Gasteiger partial charge on any atom is 0.324 e. The van der Waals surface area contributed by atoms with Crippen molar-refractivity contribution in [3.63, 3.8) is 0 Å². The van der Waals surface area contributed by atoms with Gasteiger partial charge >= 0.3 is 18.0 Å². The first kappa shape index (κ1) is 17.0. The molecule has 9 nitrogen and oxygen atoms in total. The summed E-state index contributed by atoms with van der Waals surface area (Å²) in [6.07, 6.45) is 1.12. The molecule has 2 heterocycles. The van der Waals surface area contributed by atoms with E-state index in [1.54, 1.807) is 0 Å². The van der Waals surface area contributed by atoms with Gasteiger partial charge in [0.25, 0.3) is 0 Å². The van der Waals surface area contributed by atoms with Crippen LogP contribution in [0.2, 0.25) is 0 Å². The number of carboxylic acids is 1. The smallest absolute Gasteiger partial charge is 0.324 e. The number of aliphatic carboxylic acids is 1. The van der Waals surface area contributed by atoms with Gasteiger partial charge < -0.3 is 20.6 Å². The minimum absolute atomic E-state index is 0.0216. The van der Waals surface area contributed by atoms with Crippen molar-refractivity contribution < 1.29 is 24.3 Å². The largest absolute Gasteiger partial charge is 0.481 e. The Bertz CT molecular complexity index is 493. The Labute approximate surface area is 134 Å². The highest BCUT2D eigenvalue weighted by atomic mass is 16.4. The number of carboxylic acid groups (broad SMARTS) is 1. The molecule has 2 aliphatic rings. The summed E-state index contributed by atoms with van der Waals surface area (Å²) in [5.74, 6) is -1.64. The second kappa shape index (κ2) is 7.30. The Hall–Kier alpha value is -2.32. The normalized spacial score (nSPS) is 24.6. The van der Waals surface area contributed by atoms with Gasteiger partial charge in [0.2, 0.25) is 5.91 Å². The van der Waals surface area contributed by atoms with Gasteiger partial charge in [0.15, 0.2) is 0 Å². The molecule has 2 fully saturated rings. The maximum atomic E-state index is 12.1. The molecule has 0 aliphatic carbocycles. The average molecular weight is 326 g/mol. The van der Waals surface area contributed by atoms with Gasteiger partial charge in [0, 0.05) is 26.2 Å². The minimum Gasteiger partial charge on any atom is -0.481 e. The Morgan fingerprint density at radius 3 is 2.74 bits per heavy atom. The van der Waals surface area contributed by atoms with Crippen LogP contribution in [-0.4, -0.2) is 71.6 Å². The Kier molecular flexibility index (Phi) is 5.41. The van der Waals surface area contributed by atoms with Crippen molar-refractivity contribution in [1.29, 1.82) is 0 Å². The minimum atomic E-state index is -0.881. The van der Waals surface area contributed by atoms with Crippen molar-refractivity contribution in [3.8, 4) is 0 Å². The van der Waals surface area contributed by atoms with Crippen LogP contribution in [0.3, 0.4) is 0 Å². The average Bonchev–Trinajstić information content (AvgIpc) is 2.82. The maximum absolute atomic E-state index is 12.1. The lowest BCUT2D eigenvalue weighted by molar-refractivity contribution is -0.145. The molecule has 2 aliphatic heterocycles. The van der Waals surface area contributed by atoms with Crippen LogP contribution in [-0.2, 0) is 9.59 Å². The first-order valence-electron chi connectivity index (χ1n) is 7.74. The molecule has 0 radical (unpaired) electrons. The molecule has 2 rings (SSSR count). The quantitative estimate of drug-likeness (QED) is 0.472. The molecule has 0 bridgehead atoms. The molecular weight excluding hydrogens is 304 g/mol. The van der Waals surface area contributed by atoms with Gasteiger partial charge in [-0.2, -0.15) is 0 Å².